The third kappa shape index (κ3) is 7.78. The molecule has 0 saturated carbocycles. The van der Waals surface area contributed by atoms with Gasteiger partial charge in [-0.3, -0.25) is 9.52 Å². The van der Waals surface area contributed by atoms with Gasteiger partial charge in [0.05, 0.1) is 19.3 Å². The number of amides is 1. The van der Waals surface area contributed by atoms with E-state index in [1.807, 2.05) is 27.7 Å². The van der Waals surface area contributed by atoms with E-state index in [4.69, 9.17) is 4.74 Å². The van der Waals surface area contributed by atoms with Crippen LogP contribution in [-0.4, -0.2) is 56.7 Å². The van der Waals surface area contributed by atoms with E-state index in [1.54, 1.807) is 18.3 Å². The van der Waals surface area contributed by atoms with Gasteiger partial charge in [0.1, 0.15) is 5.82 Å². The van der Waals surface area contributed by atoms with Crippen molar-refractivity contribution in [1.29, 1.82) is 0 Å². The van der Waals surface area contributed by atoms with Crippen LogP contribution in [0, 0.1) is 5.82 Å². The Balaban J connectivity index is 2.29. The average Bonchev–Trinajstić information content (AvgIpc) is 2.77. The molecule has 7 nitrogen and oxygen atoms in total. The molecule has 0 unspecified atom stereocenters. The van der Waals surface area contributed by atoms with Crippen LogP contribution in [0.3, 0.4) is 0 Å². The summed E-state index contributed by atoms with van der Waals surface area (Å²) in [5.74, 6) is -0.929. The molecule has 0 saturated heterocycles. The number of sulfonamides is 1. The number of carbonyl (C=O) groups is 1. The first-order valence-corrected chi connectivity index (χ1v) is 12.8. The zero-order valence-corrected chi connectivity index (χ0v) is 20.8. The predicted octanol–water partition coefficient (Wildman–Crippen LogP) is 3.74. The lowest BCUT2D eigenvalue weighted by molar-refractivity contribution is -0.118. The number of ether oxygens (including phenoxy) is 1. The molecule has 0 fully saturated rings. The first-order valence-electron chi connectivity index (χ1n) is 11.2. The second kappa shape index (κ2) is 12.1. The van der Waals surface area contributed by atoms with Crippen LogP contribution >= 0.6 is 0 Å². The van der Waals surface area contributed by atoms with E-state index in [0.717, 1.165) is 13.1 Å². The van der Waals surface area contributed by atoms with Crippen LogP contribution in [0.5, 0.6) is 5.88 Å². The summed E-state index contributed by atoms with van der Waals surface area (Å²) in [7, 11) is -2.29. The summed E-state index contributed by atoms with van der Waals surface area (Å²) in [5, 5.41) is 0. The van der Waals surface area contributed by atoms with E-state index in [9.17, 15) is 17.6 Å². The van der Waals surface area contributed by atoms with Crippen molar-refractivity contribution in [3.8, 4) is 17.0 Å². The van der Waals surface area contributed by atoms with Crippen LogP contribution < -0.4 is 9.46 Å². The van der Waals surface area contributed by atoms with Crippen LogP contribution in [0.25, 0.3) is 11.1 Å². The fraction of sp³-hybridized carbons (Fsp3) is 0.500. The first kappa shape index (κ1) is 26.7. The number of aromatic nitrogens is 1. The fourth-order valence-electron chi connectivity index (χ4n) is 3.76. The molecule has 0 aliphatic rings. The normalized spacial score (nSPS) is 11.8. The Morgan fingerprint density at radius 2 is 1.91 bits per heavy atom. The number of pyridine rings is 1. The molecule has 1 N–H and O–H groups in total. The third-order valence-corrected chi connectivity index (χ3v) is 6.88. The average molecular weight is 480 g/mol. The molecule has 33 heavy (non-hydrogen) atoms. The Morgan fingerprint density at radius 3 is 2.52 bits per heavy atom. The molecular weight excluding hydrogens is 445 g/mol. The standard InChI is InChI=1S/C24H34FN3O4S/c1-6-28(7-2)11-8-12-33(30,31)27-23(29)16-22-20(17(3)4)14-19(25)15-21(22)18-9-10-26-24(13-18)32-5/h9-10,13-15,17H,6-8,11-12,16H2,1-5H3,(H,27,29). The third-order valence-electron chi connectivity index (χ3n) is 5.51. The Morgan fingerprint density at radius 1 is 1.21 bits per heavy atom. The van der Waals surface area contributed by atoms with Gasteiger partial charge in [0.2, 0.25) is 21.8 Å². The lowest BCUT2D eigenvalue weighted by Crippen LogP contribution is -2.35. The highest BCUT2D eigenvalue weighted by molar-refractivity contribution is 7.90. The molecule has 1 aromatic carbocycles. The number of methoxy groups -OCH3 is 1. The van der Waals surface area contributed by atoms with E-state index in [-0.39, 0.29) is 18.1 Å². The molecule has 0 radical (unpaired) electrons. The summed E-state index contributed by atoms with van der Waals surface area (Å²) in [4.78, 5) is 19.0. The van der Waals surface area contributed by atoms with Gasteiger partial charge in [0.15, 0.2) is 0 Å². The number of hydrogen-bond acceptors (Lipinski definition) is 6. The van der Waals surface area contributed by atoms with Gasteiger partial charge in [0.25, 0.3) is 0 Å². The largest absolute Gasteiger partial charge is 0.481 e. The Hall–Kier alpha value is -2.52. The van der Waals surface area contributed by atoms with Crippen molar-refractivity contribution in [2.24, 2.45) is 0 Å². The summed E-state index contributed by atoms with van der Waals surface area (Å²) >= 11 is 0. The lowest BCUT2D eigenvalue weighted by atomic mass is 9.88. The number of rotatable bonds is 12. The minimum absolute atomic E-state index is 0.0725. The zero-order valence-electron chi connectivity index (χ0n) is 20.0. The van der Waals surface area contributed by atoms with Gasteiger partial charge in [-0.15, -0.1) is 0 Å². The highest BCUT2D eigenvalue weighted by Crippen LogP contribution is 2.33. The minimum Gasteiger partial charge on any atom is -0.481 e. The summed E-state index contributed by atoms with van der Waals surface area (Å²) in [6.07, 6.45) is 1.78. The van der Waals surface area contributed by atoms with Gasteiger partial charge in [0, 0.05) is 12.3 Å². The molecule has 2 rings (SSSR count). The Bertz CT molecular complexity index is 1050. The topological polar surface area (TPSA) is 88.6 Å². The quantitative estimate of drug-likeness (QED) is 0.499. The summed E-state index contributed by atoms with van der Waals surface area (Å²) < 4.78 is 46.7. The van der Waals surface area contributed by atoms with Crippen LogP contribution in [0.1, 0.15) is 51.2 Å². The van der Waals surface area contributed by atoms with E-state index < -0.39 is 21.7 Å². The van der Waals surface area contributed by atoms with Crippen molar-refractivity contribution in [2.45, 2.75) is 46.5 Å². The SMILES string of the molecule is CCN(CC)CCCS(=O)(=O)NC(=O)Cc1c(-c2ccnc(OC)c2)cc(F)cc1C(C)C. The molecule has 0 atom stereocenters. The molecule has 0 aliphatic heterocycles. The number of nitrogens with zero attached hydrogens (tertiary/aromatic N) is 2. The van der Waals surface area contributed by atoms with Crippen molar-refractivity contribution in [3.05, 3.63) is 47.4 Å². The van der Waals surface area contributed by atoms with Crippen LogP contribution in [0.2, 0.25) is 0 Å². The van der Waals surface area contributed by atoms with Gasteiger partial charge in [-0.25, -0.2) is 17.8 Å². The van der Waals surface area contributed by atoms with E-state index in [2.05, 4.69) is 14.6 Å². The predicted molar refractivity (Wildman–Crippen MR) is 128 cm³/mol. The van der Waals surface area contributed by atoms with Crippen molar-refractivity contribution in [2.75, 3.05) is 32.5 Å². The van der Waals surface area contributed by atoms with Gasteiger partial charge in [-0.1, -0.05) is 27.7 Å². The second-order valence-corrected chi connectivity index (χ2v) is 10.0. The van der Waals surface area contributed by atoms with Gasteiger partial charge >= 0.3 is 0 Å². The summed E-state index contributed by atoms with van der Waals surface area (Å²) in [6, 6.07) is 6.10. The molecule has 0 bridgehead atoms. The Kier molecular flexibility index (Phi) is 9.79. The minimum atomic E-state index is -3.77. The fourth-order valence-corrected chi connectivity index (χ4v) is 4.79. The monoisotopic (exact) mass is 479 g/mol. The molecule has 182 valence electrons. The van der Waals surface area contributed by atoms with Gasteiger partial charge in [-0.05, 0) is 72.4 Å². The van der Waals surface area contributed by atoms with Crippen LogP contribution in [-0.2, 0) is 21.2 Å². The number of halogens is 1. The van der Waals surface area contributed by atoms with Crippen molar-refractivity contribution in [1.82, 2.24) is 14.6 Å². The van der Waals surface area contributed by atoms with Gasteiger partial charge < -0.3 is 9.64 Å². The molecule has 2 aromatic rings. The maximum Gasteiger partial charge on any atom is 0.237 e. The summed E-state index contributed by atoms with van der Waals surface area (Å²) in [5.41, 5.74) is 2.37. The highest BCUT2D eigenvalue weighted by Gasteiger charge is 2.21. The molecule has 9 heteroatoms. The maximum absolute atomic E-state index is 14.5. The Labute approximate surface area is 196 Å². The summed E-state index contributed by atoms with van der Waals surface area (Å²) in [6.45, 7) is 10.2. The van der Waals surface area contributed by atoms with Crippen LogP contribution in [0.15, 0.2) is 30.5 Å². The van der Waals surface area contributed by atoms with Crippen molar-refractivity contribution >= 4 is 15.9 Å². The number of nitrogens with one attached hydrogen (secondary N) is 1. The molecule has 0 spiro atoms. The molecule has 0 aliphatic carbocycles. The van der Waals surface area contributed by atoms with Crippen LogP contribution in [0.4, 0.5) is 4.39 Å². The van der Waals surface area contributed by atoms with Crippen molar-refractivity contribution in [3.63, 3.8) is 0 Å². The van der Waals surface area contributed by atoms with Crippen molar-refractivity contribution < 1.29 is 22.3 Å². The number of hydrogen-bond donors (Lipinski definition) is 1. The highest BCUT2D eigenvalue weighted by atomic mass is 32.2. The number of benzene rings is 1. The molecule has 1 heterocycles. The molecular formula is C24H34FN3O4S. The number of carbonyl (C=O) groups excluding carboxylic acids is 1. The molecule has 1 aromatic heterocycles. The van der Waals surface area contributed by atoms with E-state index >= 15 is 0 Å². The van der Waals surface area contributed by atoms with Gasteiger partial charge in [-0.2, -0.15) is 0 Å². The maximum atomic E-state index is 14.5. The lowest BCUT2D eigenvalue weighted by Gasteiger charge is -2.19. The van der Waals surface area contributed by atoms with E-state index in [1.165, 1.54) is 19.2 Å². The molecule has 1 amide bonds. The second-order valence-electron chi connectivity index (χ2n) is 8.16. The first-order chi connectivity index (χ1) is 15.6. The zero-order chi connectivity index (χ0) is 24.6. The van der Waals surface area contributed by atoms with E-state index in [0.29, 0.717) is 41.1 Å². The smallest absolute Gasteiger partial charge is 0.237 e.